The fourth-order valence-electron chi connectivity index (χ4n) is 1.91. The third-order valence-corrected chi connectivity index (χ3v) is 3.49. The molecule has 0 aliphatic heterocycles. The third kappa shape index (κ3) is 3.36. The molecule has 2 rings (SSSR count). The number of pyridine rings is 1. The lowest BCUT2D eigenvalue weighted by Crippen LogP contribution is -2.31. The zero-order chi connectivity index (χ0) is 14.5. The van der Waals surface area contributed by atoms with Crippen molar-refractivity contribution in [1.82, 2.24) is 9.88 Å². The summed E-state index contributed by atoms with van der Waals surface area (Å²) in [6.45, 7) is 3.02. The van der Waals surface area contributed by atoms with Crippen LogP contribution in [-0.2, 0) is 6.54 Å². The minimum absolute atomic E-state index is 0.0804. The molecule has 1 aromatic carbocycles. The molecule has 0 saturated carbocycles. The van der Waals surface area contributed by atoms with E-state index in [1.807, 2.05) is 31.2 Å². The van der Waals surface area contributed by atoms with Crippen molar-refractivity contribution >= 4 is 27.5 Å². The molecule has 0 fully saturated rings. The number of anilines is 1. The van der Waals surface area contributed by atoms with Crippen molar-refractivity contribution in [2.24, 2.45) is 0 Å². The van der Waals surface area contributed by atoms with Gasteiger partial charge in [-0.2, -0.15) is 0 Å². The minimum Gasteiger partial charge on any atom is -0.398 e. The Morgan fingerprint density at radius 3 is 2.75 bits per heavy atom. The highest BCUT2D eigenvalue weighted by Crippen LogP contribution is 2.20. The molecular formula is C15H16BrN3O. The van der Waals surface area contributed by atoms with Gasteiger partial charge in [-0.25, -0.2) is 0 Å². The maximum Gasteiger partial charge on any atom is 0.256 e. The van der Waals surface area contributed by atoms with Crippen molar-refractivity contribution in [1.29, 1.82) is 0 Å². The van der Waals surface area contributed by atoms with Crippen LogP contribution in [0.2, 0.25) is 0 Å². The number of benzene rings is 1. The van der Waals surface area contributed by atoms with E-state index in [9.17, 15) is 4.79 Å². The maximum atomic E-state index is 12.5. The van der Waals surface area contributed by atoms with Crippen molar-refractivity contribution in [2.75, 3.05) is 12.3 Å². The summed E-state index contributed by atoms with van der Waals surface area (Å²) in [5.74, 6) is -0.0804. The van der Waals surface area contributed by atoms with Gasteiger partial charge in [0.15, 0.2) is 0 Å². The van der Waals surface area contributed by atoms with E-state index >= 15 is 0 Å². The zero-order valence-electron chi connectivity index (χ0n) is 11.2. The molecule has 0 aliphatic carbocycles. The number of amides is 1. The number of carbonyl (C=O) groups is 1. The molecule has 0 radical (unpaired) electrons. The van der Waals surface area contributed by atoms with Crippen molar-refractivity contribution < 1.29 is 4.79 Å². The Bertz CT molecular complexity index is 601. The van der Waals surface area contributed by atoms with Gasteiger partial charge in [0, 0.05) is 22.9 Å². The number of nitrogen functional groups attached to an aromatic ring is 1. The lowest BCUT2D eigenvalue weighted by Gasteiger charge is -2.21. The smallest absolute Gasteiger partial charge is 0.256 e. The number of rotatable bonds is 4. The highest BCUT2D eigenvalue weighted by atomic mass is 79.9. The second-order valence-corrected chi connectivity index (χ2v) is 5.29. The van der Waals surface area contributed by atoms with Crippen molar-refractivity contribution in [3.8, 4) is 0 Å². The molecule has 2 N–H and O–H groups in total. The number of nitrogens with two attached hydrogens (primary N) is 1. The Morgan fingerprint density at radius 2 is 2.15 bits per heavy atom. The van der Waals surface area contributed by atoms with Gasteiger partial charge in [0.2, 0.25) is 0 Å². The predicted octanol–water partition coefficient (Wildman–Crippen LogP) is 3.09. The number of carbonyl (C=O) groups excluding carboxylic acids is 1. The van der Waals surface area contributed by atoms with Gasteiger partial charge in [0.05, 0.1) is 17.8 Å². The van der Waals surface area contributed by atoms with Gasteiger partial charge in [-0.3, -0.25) is 9.78 Å². The van der Waals surface area contributed by atoms with Gasteiger partial charge in [0.1, 0.15) is 0 Å². The summed E-state index contributed by atoms with van der Waals surface area (Å²) in [6.07, 6.45) is 1.72. The second-order valence-electron chi connectivity index (χ2n) is 4.37. The highest BCUT2D eigenvalue weighted by Gasteiger charge is 2.17. The Morgan fingerprint density at radius 1 is 1.35 bits per heavy atom. The molecule has 0 saturated heterocycles. The van der Waals surface area contributed by atoms with E-state index in [1.165, 1.54) is 0 Å². The first-order valence-corrected chi connectivity index (χ1v) is 7.15. The maximum absolute atomic E-state index is 12.5. The normalized spacial score (nSPS) is 10.3. The molecular weight excluding hydrogens is 318 g/mol. The van der Waals surface area contributed by atoms with Crippen LogP contribution in [0.4, 0.5) is 5.69 Å². The number of halogens is 1. The first-order chi connectivity index (χ1) is 9.61. The van der Waals surface area contributed by atoms with E-state index in [1.54, 1.807) is 23.2 Å². The number of hydrogen-bond acceptors (Lipinski definition) is 3. The zero-order valence-corrected chi connectivity index (χ0v) is 12.8. The molecule has 4 nitrogen and oxygen atoms in total. The number of aromatic nitrogens is 1. The van der Waals surface area contributed by atoms with E-state index < -0.39 is 0 Å². The summed E-state index contributed by atoms with van der Waals surface area (Å²) in [4.78, 5) is 18.5. The van der Waals surface area contributed by atoms with E-state index in [2.05, 4.69) is 20.9 Å². The lowest BCUT2D eigenvalue weighted by molar-refractivity contribution is 0.0751. The number of hydrogen-bond donors (Lipinski definition) is 1. The third-order valence-electron chi connectivity index (χ3n) is 2.99. The molecule has 0 unspecified atom stereocenters. The molecule has 0 spiro atoms. The van der Waals surface area contributed by atoms with Gasteiger partial charge in [-0.15, -0.1) is 0 Å². The molecule has 104 valence electrons. The molecule has 0 bridgehead atoms. The fraction of sp³-hybridized carbons (Fsp3) is 0.200. The first-order valence-electron chi connectivity index (χ1n) is 6.36. The van der Waals surface area contributed by atoms with Crippen LogP contribution in [0.15, 0.2) is 47.1 Å². The number of nitrogens with zero attached hydrogens (tertiary/aromatic N) is 2. The molecule has 2 aromatic rings. The lowest BCUT2D eigenvalue weighted by atomic mass is 10.1. The van der Waals surface area contributed by atoms with Gasteiger partial charge < -0.3 is 10.6 Å². The van der Waals surface area contributed by atoms with Gasteiger partial charge in [-0.1, -0.05) is 22.0 Å². The topological polar surface area (TPSA) is 59.2 Å². The van der Waals surface area contributed by atoms with E-state index in [0.717, 1.165) is 10.2 Å². The summed E-state index contributed by atoms with van der Waals surface area (Å²) in [7, 11) is 0. The Kier molecular flexibility index (Phi) is 4.74. The van der Waals surface area contributed by atoms with Crippen LogP contribution in [0.25, 0.3) is 0 Å². The monoisotopic (exact) mass is 333 g/mol. The summed E-state index contributed by atoms with van der Waals surface area (Å²) in [5, 5.41) is 0. The SMILES string of the molecule is CCN(Cc1ccccn1)C(=O)c1ccc(Br)cc1N. The molecule has 0 atom stereocenters. The van der Waals surface area contributed by atoms with Crippen LogP contribution in [0, 0.1) is 0 Å². The van der Waals surface area contributed by atoms with Crippen molar-refractivity contribution in [3.63, 3.8) is 0 Å². The van der Waals surface area contributed by atoms with Crippen LogP contribution in [0.5, 0.6) is 0 Å². The molecule has 0 aliphatic rings. The van der Waals surface area contributed by atoms with E-state index in [0.29, 0.717) is 24.3 Å². The standard InChI is InChI=1S/C15H16BrN3O/c1-2-19(10-12-5-3-4-8-18-12)15(20)13-7-6-11(16)9-14(13)17/h3-9H,2,10,17H2,1H3. The summed E-state index contributed by atoms with van der Waals surface area (Å²) < 4.78 is 0.860. The van der Waals surface area contributed by atoms with Crippen molar-refractivity contribution in [3.05, 3.63) is 58.3 Å². The summed E-state index contributed by atoms with van der Waals surface area (Å²) in [6, 6.07) is 11.0. The van der Waals surface area contributed by atoms with Crippen molar-refractivity contribution in [2.45, 2.75) is 13.5 Å². The largest absolute Gasteiger partial charge is 0.398 e. The van der Waals surface area contributed by atoms with Crippen LogP contribution in [-0.4, -0.2) is 22.3 Å². The molecule has 1 amide bonds. The minimum atomic E-state index is -0.0804. The van der Waals surface area contributed by atoms with Gasteiger partial charge in [0.25, 0.3) is 5.91 Å². The summed E-state index contributed by atoms with van der Waals surface area (Å²) in [5.41, 5.74) is 7.77. The van der Waals surface area contributed by atoms with E-state index in [-0.39, 0.29) is 5.91 Å². The van der Waals surface area contributed by atoms with Crippen LogP contribution >= 0.6 is 15.9 Å². The molecule has 1 heterocycles. The Balaban J connectivity index is 2.21. The Hall–Kier alpha value is -1.88. The molecule has 20 heavy (non-hydrogen) atoms. The van der Waals surface area contributed by atoms with Crippen LogP contribution in [0.3, 0.4) is 0 Å². The van der Waals surface area contributed by atoms with Crippen LogP contribution in [0.1, 0.15) is 23.0 Å². The highest BCUT2D eigenvalue weighted by molar-refractivity contribution is 9.10. The quantitative estimate of drug-likeness (QED) is 0.874. The average molecular weight is 334 g/mol. The molecule has 1 aromatic heterocycles. The second kappa shape index (κ2) is 6.52. The first kappa shape index (κ1) is 14.5. The average Bonchev–Trinajstić information content (AvgIpc) is 2.45. The van der Waals surface area contributed by atoms with E-state index in [4.69, 9.17) is 5.73 Å². The van der Waals surface area contributed by atoms with Crippen LogP contribution < -0.4 is 5.73 Å². The fourth-order valence-corrected chi connectivity index (χ4v) is 2.29. The van der Waals surface area contributed by atoms with Gasteiger partial charge >= 0.3 is 0 Å². The predicted molar refractivity (Wildman–Crippen MR) is 83.2 cm³/mol. The van der Waals surface area contributed by atoms with Gasteiger partial charge in [-0.05, 0) is 37.3 Å². The summed E-state index contributed by atoms with van der Waals surface area (Å²) >= 11 is 3.34. The Labute approximate surface area is 126 Å². The molecule has 5 heteroatoms.